The Morgan fingerprint density at radius 1 is 1.42 bits per heavy atom. The summed E-state index contributed by atoms with van der Waals surface area (Å²) in [5.41, 5.74) is -1.34. The number of carboxylic acid groups (broad SMARTS) is 1. The Morgan fingerprint density at radius 2 is 2.00 bits per heavy atom. The molecule has 1 rings (SSSR count). The smallest absolute Gasteiger partial charge is 0.341 e. The highest BCUT2D eigenvalue weighted by atomic mass is 35.5. The zero-order valence-corrected chi connectivity index (χ0v) is 10.9. The van der Waals surface area contributed by atoms with Gasteiger partial charge in [0.25, 0.3) is 0 Å². The maximum Gasteiger partial charge on any atom is 0.341 e. The molecule has 0 fully saturated rings. The highest BCUT2D eigenvalue weighted by Crippen LogP contribution is 2.21. The van der Waals surface area contributed by atoms with Gasteiger partial charge in [-0.05, 0) is 12.1 Å². The summed E-state index contributed by atoms with van der Waals surface area (Å²) in [6, 6.07) is 1.17. The van der Waals surface area contributed by atoms with Gasteiger partial charge in [0.1, 0.15) is 16.3 Å². The topological polar surface area (TPSA) is 83.5 Å². The van der Waals surface area contributed by atoms with Crippen molar-refractivity contribution in [1.82, 2.24) is 4.72 Å². The van der Waals surface area contributed by atoms with Crippen LogP contribution in [-0.4, -0.2) is 26.0 Å². The van der Waals surface area contributed by atoms with Gasteiger partial charge in [0.05, 0.1) is 0 Å². The maximum atomic E-state index is 13.7. The molecule has 0 aliphatic carbocycles. The van der Waals surface area contributed by atoms with Gasteiger partial charge >= 0.3 is 5.97 Å². The van der Waals surface area contributed by atoms with Crippen molar-refractivity contribution in [3.8, 4) is 0 Å². The maximum absolute atomic E-state index is 13.7. The van der Waals surface area contributed by atoms with Crippen molar-refractivity contribution in [1.29, 1.82) is 0 Å². The van der Waals surface area contributed by atoms with Crippen LogP contribution in [0.25, 0.3) is 0 Å². The molecular formula is C10H8ClF2NO4S. The van der Waals surface area contributed by atoms with Crippen LogP contribution in [0.1, 0.15) is 10.4 Å². The SMILES string of the molecule is C=C(Cl)CNS(=O)(=O)c1ccc(F)c(C(=O)O)c1F. The van der Waals surface area contributed by atoms with E-state index in [0.29, 0.717) is 12.1 Å². The largest absolute Gasteiger partial charge is 0.477 e. The van der Waals surface area contributed by atoms with E-state index in [-0.39, 0.29) is 11.6 Å². The zero-order chi connectivity index (χ0) is 14.8. The quantitative estimate of drug-likeness (QED) is 0.867. The molecule has 0 aliphatic rings. The minimum absolute atomic E-state index is 0.0513. The molecule has 9 heteroatoms. The van der Waals surface area contributed by atoms with Crippen molar-refractivity contribution >= 4 is 27.6 Å². The van der Waals surface area contributed by atoms with Gasteiger partial charge in [-0.3, -0.25) is 0 Å². The number of nitrogens with one attached hydrogen (secondary N) is 1. The van der Waals surface area contributed by atoms with Gasteiger partial charge in [-0.1, -0.05) is 18.2 Å². The Balaban J connectivity index is 3.33. The summed E-state index contributed by atoms with van der Waals surface area (Å²) >= 11 is 5.35. The van der Waals surface area contributed by atoms with Crippen molar-refractivity contribution in [2.45, 2.75) is 4.90 Å². The first-order valence-corrected chi connectivity index (χ1v) is 6.57. The lowest BCUT2D eigenvalue weighted by molar-refractivity contribution is 0.0685. The van der Waals surface area contributed by atoms with Crippen molar-refractivity contribution in [3.05, 3.63) is 40.9 Å². The summed E-state index contributed by atoms with van der Waals surface area (Å²) < 4.78 is 52.1. The van der Waals surface area contributed by atoms with Gasteiger partial charge < -0.3 is 5.11 Å². The van der Waals surface area contributed by atoms with E-state index in [4.69, 9.17) is 16.7 Å². The van der Waals surface area contributed by atoms with Crippen molar-refractivity contribution < 1.29 is 27.1 Å². The van der Waals surface area contributed by atoms with Crippen molar-refractivity contribution in [3.63, 3.8) is 0 Å². The van der Waals surface area contributed by atoms with E-state index in [1.165, 1.54) is 0 Å². The Morgan fingerprint density at radius 3 is 2.47 bits per heavy atom. The number of benzene rings is 1. The molecule has 0 atom stereocenters. The molecule has 0 saturated heterocycles. The van der Waals surface area contributed by atoms with Gasteiger partial charge in [0, 0.05) is 11.6 Å². The number of sulfonamides is 1. The minimum atomic E-state index is -4.36. The third-order valence-corrected chi connectivity index (χ3v) is 3.57. The molecule has 0 amide bonds. The van der Waals surface area contributed by atoms with E-state index in [1.807, 2.05) is 4.72 Å². The second-order valence-corrected chi connectivity index (χ2v) is 5.65. The van der Waals surface area contributed by atoms with Gasteiger partial charge in [-0.15, -0.1) is 0 Å². The van der Waals surface area contributed by atoms with E-state index >= 15 is 0 Å². The second kappa shape index (κ2) is 5.64. The van der Waals surface area contributed by atoms with Crippen LogP contribution >= 0.6 is 11.6 Å². The Hall–Kier alpha value is -1.51. The van der Waals surface area contributed by atoms with E-state index in [9.17, 15) is 22.0 Å². The van der Waals surface area contributed by atoms with Crippen LogP contribution in [0.2, 0.25) is 0 Å². The molecular weight excluding hydrogens is 304 g/mol. The highest BCUT2D eigenvalue weighted by molar-refractivity contribution is 7.89. The molecule has 0 saturated carbocycles. The number of carbonyl (C=O) groups is 1. The molecule has 1 aromatic rings. The lowest BCUT2D eigenvalue weighted by Crippen LogP contribution is -2.26. The molecule has 0 bridgehead atoms. The normalized spacial score (nSPS) is 11.3. The molecule has 0 aliphatic heterocycles. The molecule has 0 unspecified atom stereocenters. The summed E-state index contributed by atoms with van der Waals surface area (Å²) in [5, 5.41) is 8.57. The third kappa shape index (κ3) is 3.49. The first-order valence-electron chi connectivity index (χ1n) is 4.71. The summed E-state index contributed by atoms with van der Waals surface area (Å²) in [4.78, 5) is 9.68. The summed E-state index contributed by atoms with van der Waals surface area (Å²) in [7, 11) is -4.36. The monoisotopic (exact) mass is 311 g/mol. The molecule has 0 radical (unpaired) electrons. The zero-order valence-electron chi connectivity index (χ0n) is 9.28. The number of hydrogen-bond acceptors (Lipinski definition) is 3. The predicted octanol–water partition coefficient (Wildman–Crippen LogP) is 1.69. The molecule has 1 aromatic carbocycles. The number of halogens is 3. The van der Waals surface area contributed by atoms with Crippen LogP contribution < -0.4 is 4.72 Å². The average Bonchev–Trinajstić information content (AvgIpc) is 2.25. The van der Waals surface area contributed by atoms with Gasteiger partial charge in [-0.2, -0.15) is 0 Å². The van der Waals surface area contributed by atoms with Gasteiger partial charge in [0.2, 0.25) is 10.0 Å². The number of carboxylic acids is 1. The summed E-state index contributed by atoms with van der Waals surface area (Å²) in [6.07, 6.45) is 0. The Bertz CT molecular complexity index is 645. The number of hydrogen-bond donors (Lipinski definition) is 2. The molecule has 5 nitrogen and oxygen atoms in total. The highest BCUT2D eigenvalue weighted by Gasteiger charge is 2.26. The van der Waals surface area contributed by atoms with Crippen molar-refractivity contribution in [2.75, 3.05) is 6.54 Å². The van der Waals surface area contributed by atoms with Gasteiger partial charge in [0.15, 0.2) is 5.82 Å². The molecule has 104 valence electrons. The van der Waals surface area contributed by atoms with Crippen LogP contribution in [0, 0.1) is 11.6 Å². The van der Waals surface area contributed by atoms with Crippen LogP contribution in [0.15, 0.2) is 28.6 Å². The summed E-state index contributed by atoms with van der Waals surface area (Å²) in [6.45, 7) is 2.85. The van der Waals surface area contributed by atoms with E-state index < -0.39 is 38.1 Å². The standard InChI is InChI=1S/C10H8ClF2NO4S/c1-5(11)4-14-19(17,18)7-3-2-6(12)8(9(7)13)10(15)16/h2-3,14H,1,4H2,(H,15,16). The fourth-order valence-electron chi connectivity index (χ4n) is 1.19. The lowest BCUT2D eigenvalue weighted by Gasteiger charge is -2.09. The van der Waals surface area contributed by atoms with Crippen LogP contribution in [0.3, 0.4) is 0 Å². The van der Waals surface area contributed by atoms with E-state index in [2.05, 4.69) is 6.58 Å². The summed E-state index contributed by atoms with van der Waals surface area (Å²) in [5.74, 6) is -4.96. The average molecular weight is 312 g/mol. The first-order chi connectivity index (χ1) is 8.66. The molecule has 2 N–H and O–H groups in total. The fraction of sp³-hybridized carbons (Fsp3) is 0.100. The van der Waals surface area contributed by atoms with Gasteiger partial charge in [-0.25, -0.2) is 26.7 Å². The minimum Gasteiger partial charge on any atom is -0.477 e. The Labute approximate surface area is 112 Å². The number of rotatable bonds is 5. The lowest BCUT2D eigenvalue weighted by atomic mass is 10.2. The molecule has 19 heavy (non-hydrogen) atoms. The predicted molar refractivity (Wildman–Crippen MR) is 63.5 cm³/mol. The first kappa shape index (κ1) is 15.5. The van der Waals surface area contributed by atoms with Crippen molar-refractivity contribution in [2.24, 2.45) is 0 Å². The van der Waals surface area contributed by atoms with Crippen LogP contribution in [-0.2, 0) is 10.0 Å². The molecule has 0 heterocycles. The molecule has 0 aromatic heterocycles. The van der Waals surface area contributed by atoms with Crippen LogP contribution in [0.5, 0.6) is 0 Å². The van der Waals surface area contributed by atoms with E-state index in [1.54, 1.807) is 0 Å². The molecule has 0 spiro atoms. The fourth-order valence-corrected chi connectivity index (χ4v) is 2.44. The second-order valence-electron chi connectivity index (χ2n) is 3.38. The number of aromatic carboxylic acids is 1. The van der Waals surface area contributed by atoms with Crippen LogP contribution in [0.4, 0.5) is 8.78 Å². The third-order valence-electron chi connectivity index (χ3n) is 2.01. The Kier molecular flexibility index (Phi) is 4.61. The van der Waals surface area contributed by atoms with E-state index in [0.717, 1.165) is 0 Å².